The zero-order chi connectivity index (χ0) is 11.4. The van der Waals surface area contributed by atoms with Crippen molar-refractivity contribution in [2.24, 2.45) is 0 Å². The normalized spacial score (nSPS) is 10.1. The lowest BCUT2D eigenvalue weighted by atomic mass is 10.2. The maximum absolute atomic E-state index is 13.2. The molecule has 0 unspecified atom stereocenters. The van der Waals surface area contributed by atoms with E-state index in [1.54, 1.807) is 6.07 Å². The van der Waals surface area contributed by atoms with Crippen LogP contribution >= 0.6 is 11.3 Å². The molecule has 1 heterocycles. The number of esters is 1. The number of ether oxygens (including phenoxy) is 1. The van der Waals surface area contributed by atoms with Gasteiger partial charge in [0, 0.05) is 4.88 Å². The highest BCUT2D eigenvalue weighted by Crippen LogP contribution is 2.13. The summed E-state index contributed by atoms with van der Waals surface area (Å²) in [5.41, 5.74) is -0.0287. The Bertz CT molecular complexity index is 480. The molecule has 0 aliphatic carbocycles. The Kier molecular flexibility index (Phi) is 3.31. The molecule has 0 fully saturated rings. The summed E-state index contributed by atoms with van der Waals surface area (Å²) in [5, 5.41) is 1.90. The third kappa shape index (κ3) is 2.46. The van der Waals surface area contributed by atoms with E-state index >= 15 is 0 Å². The first kappa shape index (κ1) is 10.8. The number of hydrogen-bond donors (Lipinski definition) is 0. The summed E-state index contributed by atoms with van der Waals surface area (Å²) in [6.07, 6.45) is 0. The number of thiophene rings is 1. The van der Waals surface area contributed by atoms with Gasteiger partial charge < -0.3 is 4.74 Å². The Balaban J connectivity index is 2.01. The van der Waals surface area contributed by atoms with E-state index < -0.39 is 11.8 Å². The second-order valence-electron chi connectivity index (χ2n) is 3.14. The quantitative estimate of drug-likeness (QED) is 0.765. The lowest BCUT2D eigenvalue weighted by molar-refractivity contribution is 0.0471. The van der Waals surface area contributed by atoms with Crippen molar-refractivity contribution in [3.05, 3.63) is 58.0 Å². The zero-order valence-electron chi connectivity index (χ0n) is 8.35. The number of carbonyl (C=O) groups excluding carboxylic acids is 1. The van der Waals surface area contributed by atoms with Crippen LogP contribution in [0.3, 0.4) is 0 Å². The first-order valence-corrected chi connectivity index (χ1v) is 5.59. The van der Waals surface area contributed by atoms with Crippen LogP contribution < -0.4 is 0 Å². The Morgan fingerprint density at radius 3 is 2.75 bits per heavy atom. The molecule has 2 rings (SSSR count). The monoisotopic (exact) mass is 236 g/mol. The Morgan fingerprint density at radius 1 is 1.25 bits per heavy atom. The number of halogens is 1. The van der Waals surface area contributed by atoms with Gasteiger partial charge in [0.15, 0.2) is 0 Å². The van der Waals surface area contributed by atoms with Crippen LogP contribution in [-0.4, -0.2) is 5.97 Å². The number of carbonyl (C=O) groups is 1. The van der Waals surface area contributed by atoms with E-state index in [0.29, 0.717) is 0 Å². The van der Waals surface area contributed by atoms with E-state index in [9.17, 15) is 9.18 Å². The van der Waals surface area contributed by atoms with Gasteiger partial charge in [-0.3, -0.25) is 0 Å². The molecule has 2 nitrogen and oxygen atoms in total. The molecule has 0 atom stereocenters. The third-order valence-electron chi connectivity index (χ3n) is 2.02. The second-order valence-corrected chi connectivity index (χ2v) is 4.17. The van der Waals surface area contributed by atoms with Gasteiger partial charge in [0.2, 0.25) is 0 Å². The van der Waals surface area contributed by atoms with Crippen molar-refractivity contribution in [2.45, 2.75) is 6.61 Å². The van der Waals surface area contributed by atoms with Gasteiger partial charge in [0.05, 0.1) is 5.56 Å². The average Bonchev–Trinajstić information content (AvgIpc) is 2.79. The summed E-state index contributed by atoms with van der Waals surface area (Å²) in [7, 11) is 0. The van der Waals surface area contributed by atoms with Crippen molar-refractivity contribution in [3.8, 4) is 0 Å². The maximum Gasteiger partial charge on any atom is 0.341 e. The highest BCUT2D eigenvalue weighted by atomic mass is 32.1. The first-order chi connectivity index (χ1) is 7.77. The first-order valence-electron chi connectivity index (χ1n) is 4.71. The lowest BCUT2D eigenvalue weighted by Gasteiger charge is -2.03. The Hall–Kier alpha value is -1.68. The predicted molar refractivity (Wildman–Crippen MR) is 59.8 cm³/mol. The van der Waals surface area contributed by atoms with Gasteiger partial charge in [-0.25, -0.2) is 9.18 Å². The lowest BCUT2D eigenvalue weighted by Crippen LogP contribution is -2.06. The summed E-state index contributed by atoms with van der Waals surface area (Å²) in [5.74, 6) is -1.19. The molecule has 1 aromatic carbocycles. The molecule has 0 amide bonds. The molecule has 2 aromatic rings. The molecule has 0 N–H and O–H groups in total. The Labute approximate surface area is 96.3 Å². The van der Waals surface area contributed by atoms with E-state index in [0.717, 1.165) is 4.88 Å². The van der Waals surface area contributed by atoms with Crippen molar-refractivity contribution in [1.82, 2.24) is 0 Å². The van der Waals surface area contributed by atoms with Crippen LogP contribution in [0.25, 0.3) is 0 Å². The fourth-order valence-electron chi connectivity index (χ4n) is 1.24. The minimum absolute atomic E-state index is 0.0287. The maximum atomic E-state index is 13.2. The van der Waals surface area contributed by atoms with Crippen LogP contribution in [0.5, 0.6) is 0 Å². The standard InChI is InChI=1S/C12H9FO2S/c13-11-6-2-1-5-10(11)12(14)15-8-9-4-3-7-16-9/h1-7H,8H2. The summed E-state index contributed by atoms with van der Waals surface area (Å²) >= 11 is 1.49. The van der Waals surface area contributed by atoms with Gasteiger partial charge in [-0.15, -0.1) is 11.3 Å². The van der Waals surface area contributed by atoms with Crippen molar-refractivity contribution >= 4 is 17.3 Å². The van der Waals surface area contributed by atoms with Gasteiger partial charge in [-0.05, 0) is 23.6 Å². The summed E-state index contributed by atoms with van der Waals surface area (Å²) < 4.78 is 18.2. The third-order valence-corrected chi connectivity index (χ3v) is 2.87. The van der Waals surface area contributed by atoms with Crippen LogP contribution in [0, 0.1) is 5.82 Å². The summed E-state index contributed by atoms with van der Waals surface area (Å²) in [6, 6.07) is 9.51. The molecular weight excluding hydrogens is 227 g/mol. The fourth-order valence-corrected chi connectivity index (χ4v) is 1.85. The predicted octanol–water partition coefficient (Wildman–Crippen LogP) is 3.24. The van der Waals surface area contributed by atoms with Crippen LogP contribution in [0.4, 0.5) is 4.39 Å². The second kappa shape index (κ2) is 4.90. The summed E-state index contributed by atoms with van der Waals surface area (Å²) in [6.45, 7) is 0.185. The van der Waals surface area contributed by atoms with Gasteiger partial charge in [-0.2, -0.15) is 0 Å². The smallest absolute Gasteiger partial charge is 0.341 e. The molecule has 0 saturated carbocycles. The van der Waals surface area contributed by atoms with E-state index in [2.05, 4.69) is 0 Å². The van der Waals surface area contributed by atoms with Crippen molar-refractivity contribution < 1.29 is 13.9 Å². The van der Waals surface area contributed by atoms with Crippen molar-refractivity contribution in [2.75, 3.05) is 0 Å². The molecule has 0 saturated heterocycles. The minimum Gasteiger partial charge on any atom is -0.456 e. The van der Waals surface area contributed by atoms with E-state index in [1.165, 1.54) is 29.5 Å². The van der Waals surface area contributed by atoms with Gasteiger partial charge >= 0.3 is 5.97 Å². The highest BCUT2D eigenvalue weighted by molar-refractivity contribution is 7.09. The molecular formula is C12H9FO2S. The molecule has 0 aliphatic rings. The average molecular weight is 236 g/mol. The summed E-state index contributed by atoms with van der Waals surface area (Å²) in [4.78, 5) is 12.4. The molecule has 4 heteroatoms. The zero-order valence-corrected chi connectivity index (χ0v) is 9.17. The molecule has 0 aliphatic heterocycles. The number of benzene rings is 1. The molecule has 0 radical (unpaired) electrons. The topological polar surface area (TPSA) is 26.3 Å². The largest absolute Gasteiger partial charge is 0.456 e. The molecule has 0 spiro atoms. The number of rotatable bonds is 3. The van der Waals surface area contributed by atoms with Crippen LogP contribution in [0.15, 0.2) is 41.8 Å². The number of hydrogen-bond acceptors (Lipinski definition) is 3. The van der Waals surface area contributed by atoms with E-state index in [4.69, 9.17) is 4.74 Å². The van der Waals surface area contributed by atoms with Crippen molar-refractivity contribution in [1.29, 1.82) is 0 Å². The minimum atomic E-state index is -0.633. The fraction of sp³-hybridized carbons (Fsp3) is 0.0833. The van der Waals surface area contributed by atoms with Crippen LogP contribution in [0.1, 0.15) is 15.2 Å². The molecule has 1 aromatic heterocycles. The van der Waals surface area contributed by atoms with Gasteiger partial charge in [-0.1, -0.05) is 18.2 Å². The molecule has 0 bridgehead atoms. The molecule has 16 heavy (non-hydrogen) atoms. The highest BCUT2D eigenvalue weighted by Gasteiger charge is 2.12. The van der Waals surface area contributed by atoms with E-state index in [-0.39, 0.29) is 12.2 Å². The SMILES string of the molecule is O=C(OCc1cccs1)c1ccccc1F. The van der Waals surface area contributed by atoms with E-state index in [1.807, 2.05) is 17.5 Å². The molecule has 82 valence electrons. The van der Waals surface area contributed by atoms with Gasteiger partial charge in [0.25, 0.3) is 0 Å². The van der Waals surface area contributed by atoms with Gasteiger partial charge in [0.1, 0.15) is 12.4 Å². The Morgan fingerprint density at radius 2 is 2.06 bits per heavy atom. The van der Waals surface area contributed by atoms with Crippen LogP contribution in [0.2, 0.25) is 0 Å². The van der Waals surface area contributed by atoms with Crippen molar-refractivity contribution in [3.63, 3.8) is 0 Å². The van der Waals surface area contributed by atoms with Crippen LogP contribution in [-0.2, 0) is 11.3 Å².